The van der Waals surface area contributed by atoms with Crippen LogP contribution in [0.4, 0.5) is 0 Å². The highest BCUT2D eigenvalue weighted by Crippen LogP contribution is 2.12. The van der Waals surface area contributed by atoms with Crippen LogP contribution in [0.3, 0.4) is 0 Å². The SMILES string of the molecule is C=CCCCCCC(C)CC. The molecule has 0 aliphatic rings. The molecule has 0 radical (unpaired) electrons. The number of unbranched alkanes of at least 4 members (excludes halogenated alkanes) is 3. The highest BCUT2D eigenvalue weighted by molar-refractivity contribution is 4.65. The van der Waals surface area contributed by atoms with Crippen LogP contribution in [0.2, 0.25) is 0 Å². The van der Waals surface area contributed by atoms with Crippen molar-refractivity contribution < 1.29 is 0 Å². The van der Waals surface area contributed by atoms with Gasteiger partial charge >= 0.3 is 0 Å². The molecule has 0 amide bonds. The lowest BCUT2D eigenvalue weighted by atomic mass is 10.0. The Morgan fingerprint density at radius 1 is 1.27 bits per heavy atom. The molecule has 0 aromatic heterocycles. The fraction of sp³-hybridized carbons (Fsp3) is 0.818. The Bertz CT molecular complexity index is 84.0. The minimum Gasteiger partial charge on any atom is -0.103 e. The summed E-state index contributed by atoms with van der Waals surface area (Å²) in [7, 11) is 0. The molecule has 0 aromatic rings. The molecular weight excluding hydrogens is 132 g/mol. The van der Waals surface area contributed by atoms with Crippen LogP contribution in [0, 0.1) is 5.92 Å². The lowest BCUT2D eigenvalue weighted by molar-refractivity contribution is 0.479. The summed E-state index contributed by atoms with van der Waals surface area (Å²) >= 11 is 0. The second-order valence-electron chi connectivity index (χ2n) is 3.44. The molecule has 66 valence electrons. The lowest BCUT2D eigenvalue weighted by Crippen LogP contribution is -1.91. The maximum Gasteiger partial charge on any atom is -0.0353 e. The van der Waals surface area contributed by atoms with Crippen LogP contribution < -0.4 is 0 Å². The standard InChI is InChI=1S/C11H22/c1-4-6-7-8-9-10-11(3)5-2/h4,11H,1,5-10H2,2-3H3. The third kappa shape index (κ3) is 7.64. The van der Waals surface area contributed by atoms with Crippen LogP contribution in [-0.4, -0.2) is 0 Å². The van der Waals surface area contributed by atoms with Gasteiger partial charge in [-0.2, -0.15) is 0 Å². The number of allylic oxidation sites excluding steroid dienone is 1. The molecule has 1 atom stereocenters. The van der Waals surface area contributed by atoms with Gasteiger partial charge in [0.15, 0.2) is 0 Å². The first-order valence-electron chi connectivity index (χ1n) is 4.92. The Morgan fingerprint density at radius 2 is 2.00 bits per heavy atom. The van der Waals surface area contributed by atoms with Crippen LogP contribution in [0.5, 0.6) is 0 Å². The molecule has 0 saturated heterocycles. The third-order valence-electron chi connectivity index (χ3n) is 2.30. The molecule has 0 rings (SSSR count). The van der Waals surface area contributed by atoms with E-state index in [1.54, 1.807) is 0 Å². The van der Waals surface area contributed by atoms with Gasteiger partial charge in [-0.3, -0.25) is 0 Å². The van der Waals surface area contributed by atoms with Gasteiger partial charge in [-0.15, -0.1) is 6.58 Å². The number of hydrogen-bond donors (Lipinski definition) is 0. The lowest BCUT2D eigenvalue weighted by Gasteiger charge is -2.06. The van der Waals surface area contributed by atoms with E-state index >= 15 is 0 Å². The molecule has 0 N–H and O–H groups in total. The van der Waals surface area contributed by atoms with E-state index in [4.69, 9.17) is 0 Å². The Labute approximate surface area is 71.7 Å². The summed E-state index contributed by atoms with van der Waals surface area (Å²) in [5.74, 6) is 0.929. The van der Waals surface area contributed by atoms with Crippen molar-refractivity contribution in [1.29, 1.82) is 0 Å². The minimum atomic E-state index is 0.929. The third-order valence-corrected chi connectivity index (χ3v) is 2.30. The molecule has 0 spiro atoms. The minimum absolute atomic E-state index is 0.929. The van der Waals surface area contributed by atoms with Crippen LogP contribution >= 0.6 is 0 Å². The second kappa shape index (κ2) is 7.84. The summed E-state index contributed by atoms with van der Waals surface area (Å²) in [5.41, 5.74) is 0. The molecule has 0 nitrogen and oxygen atoms in total. The van der Waals surface area contributed by atoms with Gasteiger partial charge in [0.05, 0.1) is 0 Å². The van der Waals surface area contributed by atoms with Crippen molar-refractivity contribution in [2.24, 2.45) is 5.92 Å². The van der Waals surface area contributed by atoms with E-state index in [2.05, 4.69) is 20.4 Å². The predicted octanol–water partition coefficient (Wildman–Crippen LogP) is 4.17. The number of rotatable bonds is 7. The molecular formula is C11H22. The quantitative estimate of drug-likeness (QED) is 0.381. The molecule has 0 fully saturated rings. The van der Waals surface area contributed by atoms with Crippen molar-refractivity contribution in [2.75, 3.05) is 0 Å². The molecule has 1 unspecified atom stereocenters. The summed E-state index contributed by atoms with van der Waals surface area (Å²) in [4.78, 5) is 0. The highest BCUT2D eigenvalue weighted by atomic mass is 14.0. The van der Waals surface area contributed by atoms with E-state index in [0.29, 0.717) is 0 Å². The van der Waals surface area contributed by atoms with Crippen LogP contribution in [0.1, 0.15) is 52.4 Å². The van der Waals surface area contributed by atoms with E-state index in [-0.39, 0.29) is 0 Å². The van der Waals surface area contributed by atoms with E-state index < -0.39 is 0 Å². The van der Waals surface area contributed by atoms with Gasteiger partial charge in [0.2, 0.25) is 0 Å². The van der Waals surface area contributed by atoms with E-state index in [9.17, 15) is 0 Å². The second-order valence-corrected chi connectivity index (χ2v) is 3.44. The molecule has 0 heterocycles. The van der Waals surface area contributed by atoms with Crippen molar-refractivity contribution in [1.82, 2.24) is 0 Å². The van der Waals surface area contributed by atoms with Crippen LogP contribution in [0.25, 0.3) is 0 Å². The molecule has 0 heteroatoms. The van der Waals surface area contributed by atoms with Crippen molar-refractivity contribution >= 4 is 0 Å². The zero-order chi connectivity index (χ0) is 8.53. The first-order valence-corrected chi connectivity index (χ1v) is 4.92. The summed E-state index contributed by atoms with van der Waals surface area (Å²) < 4.78 is 0. The predicted molar refractivity (Wildman–Crippen MR) is 52.7 cm³/mol. The molecule has 0 bridgehead atoms. The van der Waals surface area contributed by atoms with Gasteiger partial charge in [0.1, 0.15) is 0 Å². The summed E-state index contributed by atoms with van der Waals surface area (Å²) in [6.07, 6.45) is 10.1. The molecule has 0 aliphatic heterocycles. The van der Waals surface area contributed by atoms with Crippen LogP contribution in [0.15, 0.2) is 12.7 Å². The molecule has 0 saturated carbocycles. The van der Waals surface area contributed by atoms with Crippen molar-refractivity contribution in [3.8, 4) is 0 Å². The maximum absolute atomic E-state index is 3.71. The Morgan fingerprint density at radius 3 is 2.55 bits per heavy atom. The summed E-state index contributed by atoms with van der Waals surface area (Å²) in [6, 6.07) is 0. The largest absolute Gasteiger partial charge is 0.103 e. The average Bonchev–Trinajstić information content (AvgIpc) is 2.04. The fourth-order valence-corrected chi connectivity index (χ4v) is 1.16. The zero-order valence-corrected chi connectivity index (χ0v) is 8.10. The zero-order valence-electron chi connectivity index (χ0n) is 8.10. The first-order chi connectivity index (χ1) is 5.31. The Hall–Kier alpha value is -0.260. The van der Waals surface area contributed by atoms with Gasteiger partial charge in [-0.25, -0.2) is 0 Å². The smallest absolute Gasteiger partial charge is 0.0353 e. The van der Waals surface area contributed by atoms with E-state index in [1.807, 2.05) is 6.08 Å². The normalized spacial score (nSPS) is 12.9. The highest BCUT2D eigenvalue weighted by Gasteiger charge is 1.96. The first kappa shape index (κ1) is 10.7. The maximum atomic E-state index is 3.71. The number of hydrogen-bond acceptors (Lipinski definition) is 0. The van der Waals surface area contributed by atoms with Gasteiger partial charge in [0.25, 0.3) is 0 Å². The fourth-order valence-electron chi connectivity index (χ4n) is 1.16. The van der Waals surface area contributed by atoms with Gasteiger partial charge in [-0.05, 0) is 18.8 Å². The molecule has 0 aromatic carbocycles. The monoisotopic (exact) mass is 154 g/mol. The van der Waals surface area contributed by atoms with Crippen LogP contribution in [-0.2, 0) is 0 Å². The van der Waals surface area contributed by atoms with Gasteiger partial charge in [0, 0.05) is 0 Å². The van der Waals surface area contributed by atoms with E-state index in [0.717, 1.165) is 5.92 Å². The van der Waals surface area contributed by atoms with Crippen molar-refractivity contribution in [3.63, 3.8) is 0 Å². The summed E-state index contributed by atoms with van der Waals surface area (Å²) in [5, 5.41) is 0. The Kier molecular flexibility index (Phi) is 7.66. The van der Waals surface area contributed by atoms with Gasteiger partial charge in [-0.1, -0.05) is 45.6 Å². The average molecular weight is 154 g/mol. The summed E-state index contributed by atoms with van der Waals surface area (Å²) in [6.45, 7) is 8.32. The van der Waals surface area contributed by atoms with Crippen molar-refractivity contribution in [3.05, 3.63) is 12.7 Å². The molecule has 11 heavy (non-hydrogen) atoms. The topological polar surface area (TPSA) is 0 Å². The Balaban J connectivity index is 2.95. The van der Waals surface area contributed by atoms with Gasteiger partial charge < -0.3 is 0 Å². The van der Waals surface area contributed by atoms with Crippen molar-refractivity contribution in [2.45, 2.75) is 52.4 Å². The molecule has 0 aliphatic carbocycles. The van der Waals surface area contributed by atoms with E-state index in [1.165, 1.54) is 38.5 Å².